The predicted octanol–water partition coefficient (Wildman–Crippen LogP) is 6.64. The molecule has 2 N–H and O–H groups in total. The average Bonchev–Trinajstić information content (AvgIpc) is 3.43. The molecule has 0 atom stereocenters. The van der Waals surface area contributed by atoms with Crippen LogP contribution in [0.15, 0.2) is 72.9 Å². The maximum Gasteiger partial charge on any atom is 0.328 e. The minimum absolute atomic E-state index is 0.178. The quantitative estimate of drug-likeness (QED) is 0.199. The summed E-state index contributed by atoms with van der Waals surface area (Å²) in [7, 11) is 2.13. The summed E-state index contributed by atoms with van der Waals surface area (Å²) in [5.41, 5.74) is 5.44. The number of hydrogen-bond acceptors (Lipinski definition) is 4. The van der Waals surface area contributed by atoms with Crippen molar-refractivity contribution in [2.45, 2.75) is 32.3 Å². The minimum Gasteiger partial charge on any atom is -0.490 e. The van der Waals surface area contributed by atoms with Crippen molar-refractivity contribution in [2.75, 3.05) is 20.1 Å². The van der Waals surface area contributed by atoms with Gasteiger partial charge in [-0.05, 0) is 84.5 Å². The summed E-state index contributed by atoms with van der Waals surface area (Å²) in [6, 6.07) is 19.2. The standard InChI is InChI=1S/C32H32FN3O3/c1-3-26(23-5-4-6-25(19-23)39-24-15-17-36(2)18-16-24)31(22-10-7-21(8-11-22)9-14-30(37)38)27-12-13-29-28(32(27)33)20-34-35-29/h4-14,19-20,24H,3,15-18H2,1-2H3,(H,34,35)(H,37,38)/b14-9+,31-26+. The molecule has 0 saturated carbocycles. The summed E-state index contributed by atoms with van der Waals surface area (Å²) in [6.45, 7) is 4.10. The second-order valence-corrected chi connectivity index (χ2v) is 9.91. The molecule has 7 heteroatoms. The number of carboxylic acid groups (broad SMARTS) is 1. The van der Waals surface area contributed by atoms with Crippen LogP contribution in [0.4, 0.5) is 4.39 Å². The number of rotatable bonds is 8. The van der Waals surface area contributed by atoms with E-state index in [0.29, 0.717) is 22.9 Å². The van der Waals surface area contributed by atoms with E-state index in [-0.39, 0.29) is 11.9 Å². The molecule has 0 amide bonds. The molecule has 6 nitrogen and oxygen atoms in total. The van der Waals surface area contributed by atoms with Crippen LogP contribution >= 0.6 is 0 Å². The lowest BCUT2D eigenvalue weighted by molar-refractivity contribution is -0.131. The zero-order chi connectivity index (χ0) is 27.4. The molecule has 39 heavy (non-hydrogen) atoms. The average molecular weight is 526 g/mol. The number of aromatic nitrogens is 2. The van der Waals surface area contributed by atoms with Crippen LogP contribution in [0.25, 0.3) is 28.1 Å². The number of halogens is 1. The number of nitrogens with zero attached hydrogens (tertiary/aromatic N) is 2. The van der Waals surface area contributed by atoms with E-state index in [9.17, 15) is 4.79 Å². The topological polar surface area (TPSA) is 78.4 Å². The zero-order valence-corrected chi connectivity index (χ0v) is 22.2. The van der Waals surface area contributed by atoms with E-state index >= 15 is 4.39 Å². The number of benzene rings is 3. The van der Waals surface area contributed by atoms with Gasteiger partial charge in [0.2, 0.25) is 0 Å². The van der Waals surface area contributed by atoms with E-state index < -0.39 is 5.97 Å². The molecule has 200 valence electrons. The van der Waals surface area contributed by atoms with Crippen molar-refractivity contribution in [2.24, 2.45) is 0 Å². The summed E-state index contributed by atoms with van der Waals surface area (Å²) in [5.74, 6) is -0.534. The molecule has 1 aliphatic heterocycles. The largest absolute Gasteiger partial charge is 0.490 e. The van der Waals surface area contributed by atoms with Crippen molar-refractivity contribution in [1.82, 2.24) is 15.1 Å². The molecule has 2 heterocycles. The third-order valence-electron chi connectivity index (χ3n) is 7.25. The Morgan fingerprint density at radius 1 is 1.13 bits per heavy atom. The molecule has 5 rings (SSSR count). The van der Waals surface area contributed by atoms with Crippen LogP contribution in [0.2, 0.25) is 0 Å². The first-order valence-electron chi connectivity index (χ1n) is 13.2. The molecule has 0 radical (unpaired) electrons. The highest BCUT2D eigenvalue weighted by molar-refractivity contribution is 6.01. The summed E-state index contributed by atoms with van der Waals surface area (Å²) in [5, 5.41) is 16.3. The van der Waals surface area contributed by atoms with Gasteiger partial charge in [-0.15, -0.1) is 0 Å². The summed E-state index contributed by atoms with van der Waals surface area (Å²) < 4.78 is 22.3. The first kappa shape index (κ1) is 26.4. The highest BCUT2D eigenvalue weighted by atomic mass is 19.1. The summed E-state index contributed by atoms with van der Waals surface area (Å²) >= 11 is 0. The van der Waals surface area contributed by atoms with E-state index in [2.05, 4.69) is 35.1 Å². The molecular weight excluding hydrogens is 493 g/mol. The SMILES string of the molecule is CC/C(=C(/c1ccc(/C=C/C(=O)O)cc1)c1ccc2[nH]ncc2c1F)c1cccc(OC2CCN(C)CC2)c1. The smallest absolute Gasteiger partial charge is 0.328 e. The molecule has 3 aromatic carbocycles. The van der Waals surface area contributed by atoms with Gasteiger partial charge in [-0.2, -0.15) is 5.10 Å². The van der Waals surface area contributed by atoms with Gasteiger partial charge in [0.15, 0.2) is 0 Å². The lowest BCUT2D eigenvalue weighted by atomic mass is 9.87. The molecule has 4 aromatic rings. The highest BCUT2D eigenvalue weighted by Crippen LogP contribution is 2.38. The van der Waals surface area contributed by atoms with Gasteiger partial charge in [0.1, 0.15) is 17.7 Å². The van der Waals surface area contributed by atoms with Crippen molar-refractivity contribution < 1.29 is 19.0 Å². The Morgan fingerprint density at radius 2 is 1.90 bits per heavy atom. The number of hydrogen-bond donors (Lipinski definition) is 2. The number of ether oxygens (including phenoxy) is 1. The lowest BCUT2D eigenvalue weighted by Gasteiger charge is -2.29. The van der Waals surface area contributed by atoms with Gasteiger partial charge in [-0.3, -0.25) is 5.10 Å². The van der Waals surface area contributed by atoms with E-state index in [4.69, 9.17) is 9.84 Å². The third kappa shape index (κ3) is 5.94. The van der Waals surface area contributed by atoms with Crippen LogP contribution in [-0.4, -0.2) is 52.4 Å². The van der Waals surface area contributed by atoms with Gasteiger partial charge < -0.3 is 14.7 Å². The van der Waals surface area contributed by atoms with Gasteiger partial charge in [0.25, 0.3) is 0 Å². The van der Waals surface area contributed by atoms with Crippen LogP contribution in [0.1, 0.15) is 48.4 Å². The summed E-state index contributed by atoms with van der Waals surface area (Å²) in [4.78, 5) is 13.3. The summed E-state index contributed by atoms with van der Waals surface area (Å²) in [6.07, 6.45) is 6.97. The fourth-order valence-corrected chi connectivity index (χ4v) is 5.17. The Morgan fingerprint density at radius 3 is 2.62 bits per heavy atom. The van der Waals surface area contributed by atoms with Crippen LogP contribution in [0, 0.1) is 5.82 Å². The molecule has 1 saturated heterocycles. The Kier molecular flexibility index (Phi) is 7.89. The number of carbonyl (C=O) groups is 1. The molecule has 0 spiro atoms. The third-order valence-corrected chi connectivity index (χ3v) is 7.25. The molecular formula is C32H32FN3O3. The number of aromatic amines is 1. The van der Waals surface area contributed by atoms with Gasteiger partial charge >= 0.3 is 5.97 Å². The van der Waals surface area contributed by atoms with Crippen molar-refractivity contribution in [3.8, 4) is 5.75 Å². The maximum absolute atomic E-state index is 16.0. The number of nitrogens with one attached hydrogen (secondary N) is 1. The van der Waals surface area contributed by atoms with Gasteiger partial charge in [0, 0.05) is 24.7 Å². The van der Waals surface area contributed by atoms with Crippen molar-refractivity contribution >= 4 is 34.1 Å². The maximum atomic E-state index is 16.0. The van der Waals surface area contributed by atoms with Crippen LogP contribution < -0.4 is 4.74 Å². The Labute approximate surface area is 227 Å². The first-order valence-corrected chi connectivity index (χ1v) is 13.2. The molecule has 1 aliphatic rings. The van der Waals surface area contributed by atoms with E-state index in [1.54, 1.807) is 6.07 Å². The molecule has 0 aliphatic carbocycles. The molecule has 0 bridgehead atoms. The molecule has 1 aromatic heterocycles. The predicted molar refractivity (Wildman–Crippen MR) is 153 cm³/mol. The van der Waals surface area contributed by atoms with Crippen LogP contribution in [-0.2, 0) is 4.79 Å². The van der Waals surface area contributed by atoms with Crippen molar-refractivity contribution in [3.63, 3.8) is 0 Å². The number of H-pyrrole nitrogens is 1. The number of piperidine rings is 1. The number of fused-ring (bicyclic) bond motifs is 1. The number of allylic oxidation sites excluding steroid dienone is 1. The Bertz CT molecular complexity index is 1530. The normalized spacial score (nSPS) is 15.6. The van der Waals surface area contributed by atoms with E-state index in [1.165, 1.54) is 12.3 Å². The number of likely N-dealkylation sites (tertiary alicyclic amines) is 1. The number of aliphatic carboxylic acids is 1. The first-order chi connectivity index (χ1) is 18.9. The Hall–Kier alpha value is -4.23. The van der Waals surface area contributed by atoms with Gasteiger partial charge in [0.05, 0.1) is 17.1 Å². The number of carboxylic acids is 1. The highest BCUT2D eigenvalue weighted by Gasteiger charge is 2.21. The van der Waals surface area contributed by atoms with Gasteiger partial charge in [-0.1, -0.05) is 43.3 Å². The fraction of sp³-hybridized carbons (Fsp3) is 0.250. The van der Waals surface area contributed by atoms with Crippen LogP contribution in [0.3, 0.4) is 0 Å². The van der Waals surface area contributed by atoms with E-state index in [0.717, 1.165) is 65.6 Å². The minimum atomic E-state index is -1.01. The second kappa shape index (κ2) is 11.7. The van der Waals surface area contributed by atoms with Gasteiger partial charge in [-0.25, -0.2) is 9.18 Å². The zero-order valence-electron chi connectivity index (χ0n) is 22.2. The second-order valence-electron chi connectivity index (χ2n) is 9.91. The van der Waals surface area contributed by atoms with E-state index in [1.807, 2.05) is 48.5 Å². The Balaban J connectivity index is 1.61. The van der Waals surface area contributed by atoms with Crippen molar-refractivity contribution in [1.29, 1.82) is 0 Å². The lowest BCUT2D eigenvalue weighted by Crippen LogP contribution is -2.35. The monoisotopic (exact) mass is 525 g/mol. The fourth-order valence-electron chi connectivity index (χ4n) is 5.17. The molecule has 1 fully saturated rings. The van der Waals surface area contributed by atoms with Crippen LogP contribution in [0.5, 0.6) is 5.75 Å². The van der Waals surface area contributed by atoms with Crippen molar-refractivity contribution in [3.05, 3.63) is 101 Å². The molecule has 0 unspecified atom stereocenters.